The van der Waals surface area contributed by atoms with Crippen molar-refractivity contribution in [1.29, 1.82) is 0 Å². The molecule has 0 fully saturated rings. The van der Waals surface area contributed by atoms with Crippen molar-refractivity contribution in [2.24, 2.45) is 0 Å². The second-order valence-corrected chi connectivity index (χ2v) is 2.93. The molecule has 0 radical (unpaired) electrons. The zero-order valence-electron chi connectivity index (χ0n) is 8.39. The highest BCUT2D eigenvalue weighted by atomic mass is 19.4. The van der Waals surface area contributed by atoms with Gasteiger partial charge in [-0.2, -0.15) is 13.2 Å². The number of nitro benzene ring substituents is 2. The molecule has 1 aromatic carbocycles. The Morgan fingerprint density at radius 3 is 1.83 bits per heavy atom. The SMILES string of the molecule is O=[N+]([O-])c1cccc([N+](=O)[O-])c1NNC(F)(F)F. The monoisotopic (exact) mass is 266 g/mol. The number of hydrogen-bond acceptors (Lipinski definition) is 6. The Bertz CT molecular complexity index is 458. The molecule has 8 nitrogen and oxygen atoms in total. The Morgan fingerprint density at radius 1 is 1.06 bits per heavy atom. The summed E-state index contributed by atoms with van der Waals surface area (Å²) in [5.74, 6) is 0. The van der Waals surface area contributed by atoms with Crippen LogP contribution in [0.25, 0.3) is 0 Å². The molecule has 18 heavy (non-hydrogen) atoms. The molecule has 0 amide bonds. The van der Waals surface area contributed by atoms with Crippen molar-refractivity contribution in [3.05, 3.63) is 38.4 Å². The van der Waals surface area contributed by atoms with Crippen LogP contribution in [-0.4, -0.2) is 16.1 Å². The van der Waals surface area contributed by atoms with E-state index in [1.165, 1.54) is 5.43 Å². The van der Waals surface area contributed by atoms with Gasteiger partial charge in [-0.05, 0) is 6.07 Å². The number of alkyl halides is 3. The van der Waals surface area contributed by atoms with Gasteiger partial charge >= 0.3 is 17.7 Å². The molecule has 0 aliphatic rings. The van der Waals surface area contributed by atoms with Gasteiger partial charge in [-0.15, -0.1) is 5.43 Å². The van der Waals surface area contributed by atoms with Crippen molar-refractivity contribution in [2.45, 2.75) is 6.30 Å². The number of rotatable bonds is 4. The molecule has 0 aliphatic heterocycles. The molecule has 11 heteroatoms. The van der Waals surface area contributed by atoms with Crippen molar-refractivity contribution in [1.82, 2.24) is 5.43 Å². The molecule has 1 rings (SSSR count). The molecule has 0 unspecified atom stereocenters. The quantitative estimate of drug-likeness (QED) is 0.489. The zero-order chi connectivity index (χ0) is 13.9. The van der Waals surface area contributed by atoms with Gasteiger partial charge in [0.15, 0.2) is 0 Å². The number of nitro groups is 2. The third kappa shape index (κ3) is 3.28. The minimum absolute atomic E-state index is 0.770. The van der Waals surface area contributed by atoms with Crippen LogP contribution < -0.4 is 10.9 Å². The molecule has 0 aromatic heterocycles. The third-order valence-corrected chi connectivity index (χ3v) is 1.74. The van der Waals surface area contributed by atoms with E-state index < -0.39 is 33.2 Å². The first-order valence-corrected chi connectivity index (χ1v) is 4.24. The van der Waals surface area contributed by atoms with Crippen LogP contribution in [0, 0.1) is 20.2 Å². The van der Waals surface area contributed by atoms with Gasteiger partial charge in [-0.1, -0.05) is 0 Å². The van der Waals surface area contributed by atoms with E-state index >= 15 is 0 Å². The van der Waals surface area contributed by atoms with Gasteiger partial charge in [0.05, 0.1) is 9.85 Å². The molecule has 0 aliphatic carbocycles. The molecular formula is C7H5F3N4O4. The number of benzene rings is 1. The molecule has 0 saturated carbocycles. The molecule has 98 valence electrons. The summed E-state index contributed by atoms with van der Waals surface area (Å²) in [5, 5.41) is 21.1. The van der Waals surface area contributed by atoms with Gasteiger partial charge in [0, 0.05) is 12.1 Å². The van der Waals surface area contributed by atoms with Gasteiger partial charge in [0.1, 0.15) is 0 Å². The summed E-state index contributed by atoms with van der Waals surface area (Å²) in [6.07, 6.45) is -4.89. The average Bonchev–Trinajstić information content (AvgIpc) is 2.24. The molecule has 0 heterocycles. The molecule has 0 bridgehead atoms. The van der Waals surface area contributed by atoms with Crippen molar-refractivity contribution in [3.63, 3.8) is 0 Å². The average molecular weight is 266 g/mol. The Balaban J connectivity index is 3.19. The van der Waals surface area contributed by atoms with E-state index in [0.29, 0.717) is 0 Å². The van der Waals surface area contributed by atoms with Crippen LogP contribution in [-0.2, 0) is 0 Å². The van der Waals surface area contributed by atoms with Crippen LogP contribution >= 0.6 is 0 Å². The lowest BCUT2D eigenvalue weighted by Crippen LogP contribution is -2.36. The standard InChI is InChI=1S/C7H5F3N4O4/c8-7(9,10)12-11-6-4(13(15)16)2-1-3-5(6)14(17)18/h1-3,11-12H. The fraction of sp³-hybridized carbons (Fsp3) is 0.143. The first-order valence-electron chi connectivity index (χ1n) is 4.24. The molecule has 0 saturated heterocycles. The maximum absolute atomic E-state index is 11.9. The number of halogens is 3. The van der Waals surface area contributed by atoms with E-state index in [2.05, 4.69) is 0 Å². The Morgan fingerprint density at radius 2 is 1.50 bits per heavy atom. The largest absolute Gasteiger partial charge is 0.474 e. The third-order valence-electron chi connectivity index (χ3n) is 1.74. The second-order valence-electron chi connectivity index (χ2n) is 2.93. The summed E-state index contributed by atoms with van der Waals surface area (Å²) in [5.41, 5.74) is -0.367. The normalized spacial score (nSPS) is 11.1. The second kappa shape index (κ2) is 4.83. The maximum atomic E-state index is 11.9. The zero-order valence-corrected chi connectivity index (χ0v) is 8.39. The van der Waals surface area contributed by atoms with E-state index in [4.69, 9.17) is 0 Å². The van der Waals surface area contributed by atoms with Gasteiger partial charge in [-0.3, -0.25) is 20.2 Å². The van der Waals surface area contributed by atoms with Crippen LogP contribution in [0.3, 0.4) is 0 Å². The fourth-order valence-electron chi connectivity index (χ4n) is 1.09. The first-order chi connectivity index (χ1) is 8.22. The first kappa shape index (κ1) is 13.6. The fourth-order valence-corrected chi connectivity index (χ4v) is 1.09. The highest BCUT2D eigenvalue weighted by Gasteiger charge is 2.31. The van der Waals surface area contributed by atoms with Crippen LogP contribution in [0.1, 0.15) is 0 Å². The van der Waals surface area contributed by atoms with Gasteiger partial charge < -0.3 is 5.43 Å². The highest BCUT2D eigenvalue weighted by Crippen LogP contribution is 2.33. The lowest BCUT2D eigenvalue weighted by atomic mass is 10.2. The Hall–Kier alpha value is -2.43. The summed E-state index contributed by atoms with van der Waals surface area (Å²) in [4.78, 5) is 19.0. The number of para-hydroxylation sites is 1. The Kier molecular flexibility index (Phi) is 3.66. The van der Waals surface area contributed by atoms with Gasteiger partial charge in [-0.25, -0.2) is 0 Å². The van der Waals surface area contributed by atoms with Crippen molar-refractivity contribution in [2.75, 3.05) is 5.43 Å². The van der Waals surface area contributed by atoms with Crippen molar-refractivity contribution >= 4 is 17.1 Å². The predicted molar refractivity (Wildman–Crippen MR) is 52.6 cm³/mol. The van der Waals surface area contributed by atoms with Crippen molar-refractivity contribution < 1.29 is 23.0 Å². The maximum Gasteiger partial charge on any atom is 0.474 e. The molecule has 0 atom stereocenters. The number of nitrogens with one attached hydrogen (secondary N) is 2. The summed E-state index contributed by atoms with van der Waals surface area (Å²) < 4.78 is 35.7. The minimum atomic E-state index is -4.89. The van der Waals surface area contributed by atoms with E-state index in [0.717, 1.165) is 23.6 Å². The highest BCUT2D eigenvalue weighted by molar-refractivity contribution is 5.73. The van der Waals surface area contributed by atoms with Gasteiger partial charge in [0.2, 0.25) is 5.69 Å². The molecule has 1 aromatic rings. The number of hydrogen-bond donors (Lipinski definition) is 2. The summed E-state index contributed by atoms with van der Waals surface area (Å²) >= 11 is 0. The molecule has 2 N–H and O–H groups in total. The minimum Gasteiger partial charge on any atom is -0.303 e. The van der Waals surface area contributed by atoms with E-state index in [-0.39, 0.29) is 0 Å². The molecule has 0 spiro atoms. The Labute approximate surface area is 96.7 Å². The number of hydrazine groups is 1. The van der Waals surface area contributed by atoms with Crippen molar-refractivity contribution in [3.8, 4) is 0 Å². The van der Waals surface area contributed by atoms with E-state index in [9.17, 15) is 33.4 Å². The summed E-state index contributed by atoms with van der Waals surface area (Å²) in [6.45, 7) is 0. The smallest absolute Gasteiger partial charge is 0.303 e. The van der Waals surface area contributed by atoms with E-state index in [1.54, 1.807) is 0 Å². The van der Waals surface area contributed by atoms with Gasteiger partial charge in [0.25, 0.3) is 0 Å². The van der Waals surface area contributed by atoms with Crippen LogP contribution in [0.15, 0.2) is 18.2 Å². The van der Waals surface area contributed by atoms with E-state index in [1.807, 2.05) is 0 Å². The lowest BCUT2D eigenvalue weighted by molar-refractivity contribution is -0.392. The summed E-state index contributed by atoms with van der Waals surface area (Å²) in [6, 6.07) is 2.68. The van der Waals surface area contributed by atoms with Crippen LogP contribution in [0.4, 0.5) is 30.2 Å². The number of nitrogens with zero attached hydrogens (tertiary/aromatic N) is 2. The topological polar surface area (TPSA) is 110 Å². The van der Waals surface area contributed by atoms with Crippen LogP contribution in [0.5, 0.6) is 0 Å². The lowest BCUT2D eigenvalue weighted by Gasteiger charge is -2.11. The predicted octanol–water partition coefficient (Wildman–Crippen LogP) is 1.94. The number of anilines is 1. The van der Waals surface area contributed by atoms with Crippen LogP contribution in [0.2, 0.25) is 0 Å². The summed E-state index contributed by atoms with van der Waals surface area (Å²) in [7, 11) is 0. The molecular weight excluding hydrogens is 261 g/mol.